The first kappa shape index (κ1) is 19.3. The highest BCUT2D eigenvalue weighted by molar-refractivity contribution is 6.05. The van der Waals surface area contributed by atoms with Crippen LogP contribution in [0.3, 0.4) is 0 Å². The Morgan fingerprint density at radius 2 is 1.50 bits per heavy atom. The van der Waals surface area contributed by atoms with E-state index >= 15 is 0 Å². The van der Waals surface area contributed by atoms with Gasteiger partial charge in [0.2, 0.25) is 0 Å². The fourth-order valence-corrected chi connectivity index (χ4v) is 2.76. The SMILES string of the molecule is Cc1ccc(C(=O)NCc2ccc(CN)cc2)cc1NC(=O)c1ccccc1. The molecule has 2 amide bonds. The van der Waals surface area contributed by atoms with Crippen molar-refractivity contribution in [3.63, 3.8) is 0 Å². The summed E-state index contributed by atoms with van der Waals surface area (Å²) in [6.07, 6.45) is 0. The van der Waals surface area contributed by atoms with Crippen molar-refractivity contribution in [2.75, 3.05) is 5.32 Å². The number of anilines is 1. The molecule has 5 nitrogen and oxygen atoms in total. The monoisotopic (exact) mass is 373 g/mol. The number of carbonyl (C=O) groups excluding carboxylic acids is 2. The van der Waals surface area contributed by atoms with E-state index in [2.05, 4.69) is 10.6 Å². The van der Waals surface area contributed by atoms with Crippen LogP contribution in [0.2, 0.25) is 0 Å². The van der Waals surface area contributed by atoms with Gasteiger partial charge in [-0.1, -0.05) is 48.5 Å². The molecule has 0 unspecified atom stereocenters. The molecule has 4 N–H and O–H groups in total. The van der Waals surface area contributed by atoms with E-state index in [4.69, 9.17) is 5.73 Å². The summed E-state index contributed by atoms with van der Waals surface area (Å²) in [6.45, 7) is 2.80. The van der Waals surface area contributed by atoms with Crippen molar-refractivity contribution in [2.24, 2.45) is 5.73 Å². The van der Waals surface area contributed by atoms with Gasteiger partial charge in [0.25, 0.3) is 11.8 Å². The number of aryl methyl sites for hydroxylation is 1. The molecule has 0 heterocycles. The molecule has 0 saturated heterocycles. The summed E-state index contributed by atoms with van der Waals surface area (Å²) in [5.41, 5.74) is 10.2. The van der Waals surface area contributed by atoms with Crippen molar-refractivity contribution in [3.05, 3.63) is 101 Å². The van der Waals surface area contributed by atoms with E-state index in [1.165, 1.54) is 0 Å². The summed E-state index contributed by atoms with van der Waals surface area (Å²) in [5, 5.41) is 5.78. The second kappa shape index (κ2) is 8.97. The van der Waals surface area contributed by atoms with Gasteiger partial charge in [-0.15, -0.1) is 0 Å². The van der Waals surface area contributed by atoms with E-state index in [9.17, 15) is 9.59 Å². The molecule has 3 aromatic carbocycles. The Labute approximate surface area is 164 Å². The predicted octanol–water partition coefficient (Wildman–Crippen LogP) is 3.64. The minimum Gasteiger partial charge on any atom is -0.348 e. The van der Waals surface area contributed by atoms with E-state index in [0.717, 1.165) is 16.7 Å². The number of nitrogens with one attached hydrogen (secondary N) is 2. The van der Waals surface area contributed by atoms with Crippen LogP contribution in [0.15, 0.2) is 72.8 Å². The van der Waals surface area contributed by atoms with Gasteiger partial charge in [0, 0.05) is 29.9 Å². The maximum Gasteiger partial charge on any atom is 0.255 e. The van der Waals surface area contributed by atoms with Gasteiger partial charge >= 0.3 is 0 Å². The number of hydrogen-bond acceptors (Lipinski definition) is 3. The molecule has 5 heteroatoms. The molecule has 0 fully saturated rings. The summed E-state index contributed by atoms with van der Waals surface area (Å²) < 4.78 is 0. The van der Waals surface area contributed by atoms with Gasteiger partial charge in [-0.25, -0.2) is 0 Å². The van der Waals surface area contributed by atoms with Crippen molar-refractivity contribution in [3.8, 4) is 0 Å². The van der Waals surface area contributed by atoms with Gasteiger partial charge in [-0.2, -0.15) is 0 Å². The van der Waals surface area contributed by atoms with E-state index in [-0.39, 0.29) is 11.8 Å². The van der Waals surface area contributed by atoms with Gasteiger partial charge in [0.1, 0.15) is 0 Å². The highest BCUT2D eigenvalue weighted by Crippen LogP contribution is 2.18. The Morgan fingerprint density at radius 1 is 0.821 bits per heavy atom. The molecule has 0 atom stereocenters. The van der Waals surface area contributed by atoms with Crippen LogP contribution < -0.4 is 16.4 Å². The second-order valence-electron chi connectivity index (χ2n) is 6.55. The van der Waals surface area contributed by atoms with E-state index < -0.39 is 0 Å². The third-order valence-electron chi connectivity index (χ3n) is 4.50. The Balaban J connectivity index is 1.67. The van der Waals surface area contributed by atoms with Crippen LogP contribution in [0.1, 0.15) is 37.4 Å². The summed E-state index contributed by atoms with van der Waals surface area (Å²) in [4.78, 5) is 24.9. The smallest absolute Gasteiger partial charge is 0.255 e. The molecule has 28 heavy (non-hydrogen) atoms. The van der Waals surface area contributed by atoms with Crippen LogP contribution in [-0.2, 0) is 13.1 Å². The first-order chi connectivity index (χ1) is 13.6. The summed E-state index contributed by atoms with van der Waals surface area (Å²) in [5.74, 6) is -0.403. The fourth-order valence-electron chi connectivity index (χ4n) is 2.76. The first-order valence-corrected chi connectivity index (χ1v) is 9.10. The molecule has 0 radical (unpaired) electrons. The maximum absolute atomic E-state index is 12.5. The van der Waals surface area contributed by atoms with Gasteiger partial charge in [0.15, 0.2) is 0 Å². The summed E-state index contributed by atoms with van der Waals surface area (Å²) >= 11 is 0. The Hall–Kier alpha value is -3.44. The molecule has 0 bridgehead atoms. The lowest BCUT2D eigenvalue weighted by atomic mass is 10.1. The van der Waals surface area contributed by atoms with Gasteiger partial charge in [0.05, 0.1) is 0 Å². The lowest BCUT2D eigenvalue weighted by Crippen LogP contribution is -2.23. The molecule has 142 valence electrons. The topological polar surface area (TPSA) is 84.2 Å². The van der Waals surface area contributed by atoms with Crippen LogP contribution in [0, 0.1) is 6.92 Å². The van der Waals surface area contributed by atoms with Crippen molar-refractivity contribution < 1.29 is 9.59 Å². The molecule has 3 aromatic rings. The predicted molar refractivity (Wildman–Crippen MR) is 111 cm³/mol. The molecule has 0 aromatic heterocycles. The van der Waals surface area contributed by atoms with Gasteiger partial charge < -0.3 is 16.4 Å². The number of nitrogens with two attached hydrogens (primary N) is 1. The average molecular weight is 373 g/mol. The molecule has 0 aliphatic heterocycles. The number of carbonyl (C=O) groups is 2. The van der Waals surface area contributed by atoms with Crippen LogP contribution in [0.4, 0.5) is 5.69 Å². The zero-order valence-electron chi connectivity index (χ0n) is 15.7. The van der Waals surface area contributed by atoms with Crippen molar-refractivity contribution in [2.45, 2.75) is 20.0 Å². The Morgan fingerprint density at radius 3 is 2.18 bits per heavy atom. The fraction of sp³-hybridized carbons (Fsp3) is 0.130. The largest absolute Gasteiger partial charge is 0.348 e. The Bertz CT molecular complexity index is 967. The highest BCUT2D eigenvalue weighted by Gasteiger charge is 2.11. The minimum absolute atomic E-state index is 0.196. The normalized spacial score (nSPS) is 10.4. The average Bonchev–Trinajstić information content (AvgIpc) is 2.74. The van der Waals surface area contributed by atoms with Crippen molar-refractivity contribution in [1.29, 1.82) is 0 Å². The number of amides is 2. The zero-order chi connectivity index (χ0) is 19.9. The third-order valence-corrected chi connectivity index (χ3v) is 4.50. The lowest BCUT2D eigenvalue weighted by molar-refractivity contribution is 0.0949. The molecular formula is C23H23N3O2. The van der Waals surface area contributed by atoms with Gasteiger partial charge in [-0.05, 0) is 47.9 Å². The van der Waals surface area contributed by atoms with E-state index in [0.29, 0.717) is 29.9 Å². The quantitative estimate of drug-likeness (QED) is 0.617. The van der Waals surface area contributed by atoms with Gasteiger partial charge in [-0.3, -0.25) is 9.59 Å². The van der Waals surface area contributed by atoms with Crippen molar-refractivity contribution in [1.82, 2.24) is 5.32 Å². The Kier molecular flexibility index (Phi) is 6.19. The van der Waals surface area contributed by atoms with E-state index in [1.54, 1.807) is 24.3 Å². The lowest BCUT2D eigenvalue weighted by Gasteiger charge is -2.11. The standard InChI is InChI=1S/C23H23N3O2/c1-16-7-12-20(13-21(16)26-23(28)19-5-3-2-4-6-19)22(27)25-15-18-10-8-17(14-24)9-11-18/h2-13H,14-15,24H2,1H3,(H,25,27)(H,26,28). The summed E-state index contributed by atoms with van der Waals surface area (Å²) in [6, 6.07) is 22.0. The van der Waals surface area contributed by atoms with Crippen LogP contribution in [0.5, 0.6) is 0 Å². The molecule has 0 spiro atoms. The zero-order valence-corrected chi connectivity index (χ0v) is 15.7. The number of rotatable bonds is 6. The van der Waals surface area contributed by atoms with Crippen LogP contribution in [0.25, 0.3) is 0 Å². The van der Waals surface area contributed by atoms with E-state index in [1.807, 2.05) is 55.5 Å². The maximum atomic E-state index is 12.5. The highest BCUT2D eigenvalue weighted by atomic mass is 16.2. The molecular weight excluding hydrogens is 350 g/mol. The van der Waals surface area contributed by atoms with Crippen molar-refractivity contribution >= 4 is 17.5 Å². The van der Waals surface area contributed by atoms with Crippen LogP contribution in [-0.4, -0.2) is 11.8 Å². The molecule has 3 rings (SSSR count). The summed E-state index contributed by atoms with van der Waals surface area (Å²) in [7, 11) is 0. The first-order valence-electron chi connectivity index (χ1n) is 9.10. The molecule has 0 saturated carbocycles. The molecule has 0 aliphatic rings. The van der Waals surface area contributed by atoms with Crippen LogP contribution >= 0.6 is 0 Å². The second-order valence-corrected chi connectivity index (χ2v) is 6.55. The molecule has 0 aliphatic carbocycles. The third kappa shape index (κ3) is 4.84. The minimum atomic E-state index is -0.207. The number of benzene rings is 3. The number of hydrogen-bond donors (Lipinski definition) is 3.